The van der Waals surface area contributed by atoms with Crippen LogP contribution in [0.1, 0.15) is 24.4 Å². The number of pyridine rings is 1. The molecule has 1 aliphatic carbocycles. The van der Waals surface area contributed by atoms with E-state index in [1.54, 1.807) is 6.20 Å². The highest BCUT2D eigenvalue weighted by atomic mass is 35.5. The van der Waals surface area contributed by atoms with Gasteiger partial charge >= 0.3 is 0 Å². The predicted molar refractivity (Wildman–Crippen MR) is 113 cm³/mol. The average Bonchev–Trinajstić information content (AvgIpc) is 3.37. The fourth-order valence-electron chi connectivity index (χ4n) is 4.96. The molecule has 29 heavy (non-hydrogen) atoms. The van der Waals surface area contributed by atoms with Crippen molar-refractivity contribution < 1.29 is 4.74 Å². The minimum absolute atomic E-state index is 0.0807. The molecule has 0 unspecified atom stereocenters. The summed E-state index contributed by atoms with van der Waals surface area (Å²) in [7, 11) is 0. The quantitative estimate of drug-likeness (QED) is 0.625. The maximum atomic E-state index is 6.36. The van der Waals surface area contributed by atoms with E-state index in [4.69, 9.17) is 16.3 Å². The molecule has 5 nitrogen and oxygen atoms in total. The Hall–Kier alpha value is -2.37. The van der Waals surface area contributed by atoms with Gasteiger partial charge in [-0.1, -0.05) is 29.8 Å². The molecule has 1 aliphatic heterocycles. The van der Waals surface area contributed by atoms with Crippen molar-refractivity contribution in [1.82, 2.24) is 19.7 Å². The maximum absolute atomic E-state index is 6.36. The van der Waals surface area contributed by atoms with Crippen molar-refractivity contribution >= 4 is 11.6 Å². The summed E-state index contributed by atoms with van der Waals surface area (Å²) >= 11 is 6.17. The van der Waals surface area contributed by atoms with Crippen molar-refractivity contribution in [3.63, 3.8) is 0 Å². The molecular formula is C23H25ClN4O. The Labute approximate surface area is 176 Å². The van der Waals surface area contributed by atoms with Gasteiger partial charge in [-0.3, -0.25) is 9.58 Å². The largest absolute Gasteiger partial charge is 0.472 e. The lowest BCUT2D eigenvalue weighted by Gasteiger charge is -2.37. The van der Waals surface area contributed by atoms with Gasteiger partial charge < -0.3 is 4.74 Å². The van der Waals surface area contributed by atoms with Crippen molar-refractivity contribution in [2.75, 3.05) is 13.1 Å². The van der Waals surface area contributed by atoms with Crippen LogP contribution in [0.3, 0.4) is 0 Å². The highest BCUT2D eigenvalue weighted by molar-refractivity contribution is 6.30. The molecule has 1 aromatic carbocycles. The van der Waals surface area contributed by atoms with Crippen molar-refractivity contribution in [2.24, 2.45) is 11.8 Å². The Balaban J connectivity index is 1.32. The Morgan fingerprint density at radius 3 is 2.66 bits per heavy atom. The first-order valence-electron chi connectivity index (χ1n) is 10.3. The van der Waals surface area contributed by atoms with E-state index in [9.17, 15) is 0 Å². The highest BCUT2D eigenvalue weighted by Gasteiger charge is 2.44. The van der Waals surface area contributed by atoms with E-state index in [1.807, 2.05) is 42.6 Å². The molecule has 6 heteroatoms. The van der Waals surface area contributed by atoms with Gasteiger partial charge in [0.1, 0.15) is 6.10 Å². The van der Waals surface area contributed by atoms with Gasteiger partial charge in [-0.25, -0.2) is 4.98 Å². The smallest absolute Gasteiger partial charge is 0.213 e. The Morgan fingerprint density at radius 1 is 1.00 bits per heavy atom. The molecule has 0 bridgehead atoms. The first-order chi connectivity index (χ1) is 14.2. The standard InChI is InChI=1S/C23H25ClN4O/c24-20-6-3-5-17(11-20)14-27-15-18-12-21(28-10-4-9-26-28)22(13-19(18)16-27)29-23-7-1-2-8-25-23/h1-11,18-19,21-22H,12-16H2/t18-,19+,21-,22-/m0/s1. The number of nitrogens with zero attached hydrogens (tertiary/aromatic N) is 4. The zero-order valence-electron chi connectivity index (χ0n) is 16.3. The molecule has 2 fully saturated rings. The molecule has 5 rings (SSSR count). The van der Waals surface area contributed by atoms with E-state index in [-0.39, 0.29) is 12.1 Å². The van der Waals surface area contributed by atoms with Gasteiger partial charge in [0.05, 0.1) is 6.04 Å². The normalized spacial score (nSPS) is 26.9. The fraction of sp³-hybridized carbons (Fsp3) is 0.391. The number of aromatic nitrogens is 3. The van der Waals surface area contributed by atoms with Crippen molar-refractivity contribution in [3.05, 3.63) is 77.7 Å². The summed E-state index contributed by atoms with van der Waals surface area (Å²) < 4.78 is 8.43. The molecule has 0 spiro atoms. The van der Waals surface area contributed by atoms with Crippen molar-refractivity contribution in [2.45, 2.75) is 31.5 Å². The number of ether oxygens (including phenoxy) is 1. The van der Waals surface area contributed by atoms with E-state index in [0.717, 1.165) is 37.5 Å². The maximum Gasteiger partial charge on any atom is 0.213 e. The molecule has 0 amide bonds. The van der Waals surface area contributed by atoms with Crippen LogP contribution in [-0.4, -0.2) is 38.9 Å². The second-order valence-corrected chi connectivity index (χ2v) is 8.63. The zero-order chi connectivity index (χ0) is 19.6. The molecule has 2 aromatic heterocycles. The lowest BCUT2D eigenvalue weighted by Crippen LogP contribution is -2.40. The number of halogens is 1. The summed E-state index contributed by atoms with van der Waals surface area (Å²) in [6.07, 6.45) is 7.87. The summed E-state index contributed by atoms with van der Waals surface area (Å²) in [4.78, 5) is 6.94. The lowest BCUT2D eigenvalue weighted by molar-refractivity contribution is 0.0459. The molecule has 1 saturated carbocycles. The lowest BCUT2D eigenvalue weighted by atomic mass is 9.77. The van der Waals surface area contributed by atoms with E-state index >= 15 is 0 Å². The van der Waals surface area contributed by atoms with E-state index in [0.29, 0.717) is 17.7 Å². The van der Waals surface area contributed by atoms with Crippen LogP contribution in [0.4, 0.5) is 0 Å². The molecule has 1 saturated heterocycles. The minimum atomic E-state index is 0.0807. The average molecular weight is 409 g/mol. The number of fused-ring (bicyclic) bond motifs is 1. The van der Waals surface area contributed by atoms with Crippen LogP contribution in [0, 0.1) is 11.8 Å². The summed E-state index contributed by atoms with van der Waals surface area (Å²) in [5, 5.41) is 5.34. The Morgan fingerprint density at radius 2 is 1.90 bits per heavy atom. The van der Waals surface area contributed by atoms with Crippen LogP contribution in [-0.2, 0) is 6.54 Å². The molecule has 0 N–H and O–H groups in total. The number of hydrogen-bond donors (Lipinski definition) is 0. The Kier molecular flexibility index (Phi) is 5.25. The second kappa shape index (κ2) is 8.17. The first-order valence-corrected chi connectivity index (χ1v) is 10.7. The van der Waals surface area contributed by atoms with E-state index in [1.165, 1.54) is 5.56 Å². The first kappa shape index (κ1) is 18.6. The summed E-state index contributed by atoms with van der Waals surface area (Å²) in [5.74, 6) is 1.99. The molecule has 4 atom stereocenters. The van der Waals surface area contributed by atoms with Crippen LogP contribution in [0.25, 0.3) is 0 Å². The van der Waals surface area contributed by atoms with Crippen LogP contribution in [0.2, 0.25) is 5.02 Å². The SMILES string of the molecule is Clc1cccc(CN2C[C@H]3C[C@H](Oc4ccccn4)[C@@H](n4cccn4)C[C@H]3C2)c1. The number of hydrogen-bond acceptors (Lipinski definition) is 4. The molecule has 150 valence electrons. The van der Waals surface area contributed by atoms with Crippen LogP contribution >= 0.6 is 11.6 Å². The zero-order valence-corrected chi connectivity index (χ0v) is 17.0. The molecular weight excluding hydrogens is 384 g/mol. The van der Waals surface area contributed by atoms with E-state index in [2.05, 4.69) is 38.0 Å². The predicted octanol–water partition coefficient (Wildman–Crippen LogP) is 4.46. The van der Waals surface area contributed by atoms with Gasteiger partial charge in [-0.15, -0.1) is 0 Å². The van der Waals surface area contributed by atoms with Crippen LogP contribution in [0.15, 0.2) is 67.1 Å². The molecule has 0 radical (unpaired) electrons. The monoisotopic (exact) mass is 408 g/mol. The molecule has 3 heterocycles. The minimum Gasteiger partial charge on any atom is -0.472 e. The number of benzene rings is 1. The van der Waals surface area contributed by atoms with E-state index < -0.39 is 0 Å². The van der Waals surface area contributed by atoms with Gasteiger partial charge in [0.2, 0.25) is 5.88 Å². The van der Waals surface area contributed by atoms with Crippen molar-refractivity contribution in [3.8, 4) is 5.88 Å². The third-order valence-corrected chi connectivity index (χ3v) is 6.47. The molecule has 3 aromatic rings. The summed E-state index contributed by atoms with van der Waals surface area (Å²) in [6, 6.07) is 16.2. The summed E-state index contributed by atoms with van der Waals surface area (Å²) in [6.45, 7) is 3.17. The van der Waals surface area contributed by atoms with Gasteiger partial charge in [-0.05, 0) is 54.5 Å². The molecule has 2 aliphatic rings. The van der Waals surface area contributed by atoms with Gasteiger partial charge in [0, 0.05) is 49.3 Å². The van der Waals surface area contributed by atoms with Crippen LogP contribution < -0.4 is 4.74 Å². The van der Waals surface area contributed by atoms with Gasteiger partial charge in [0.15, 0.2) is 0 Å². The fourth-order valence-corrected chi connectivity index (χ4v) is 5.18. The van der Waals surface area contributed by atoms with Gasteiger partial charge in [0.25, 0.3) is 0 Å². The Bertz CT molecular complexity index is 933. The number of rotatable bonds is 5. The second-order valence-electron chi connectivity index (χ2n) is 8.19. The highest BCUT2D eigenvalue weighted by Crippen LogP contribution is 2.42. The third-order valence-electron chi connectivity index (χ3n) is 6.23. The summed E-state index contributed by atoms with van der Waals surface area (Å²) in [5.41, 5.74) is 1.28. The topological polar surface area (TPSA) is 43.2 Å². The third kappa shape index (κ3) is 4.16. The van der Waals surface area contributed by atoms with Gasteiger partial charge in [-0.2, -0.15) is 5.10 Å². The van der Waals surface area contributed by atoms with Crippen LogP contribution in [0.5, 0.6) is 5.88 Å². The van der Waals surface area contributed by atoms with Crippen molar-refractivity contribution in [1.29, 1.82) is 0 Å². The number of likely N-dealkylation sites (tertiary alicyclic amines) is 1.